The second-order valence-corrected chi connectivity index (χ2v) is 6.32. The van der Waals surface area contributed by atoms with Crippen molar-refractivity contribution in [1.29, 1.82) is 0 Å². The molecule has 0 spiro atoms. The van der Waals surface area contributed by atoms with Gasteiger partial charge in [-0.25, -0.2) is 0 Å². The average molecular weight is 325 g/mol. The van der Waals surface area contributed by atoms with E-state index in [0.717, 1.165) is 24.2 Å². The lowest BCUT2D eigenvalue weighted by atomic mass is 10.1. The summed E-state index contributed by atoms with van der Waals surface area (Å²) >= 11 is 12.3. The summed E-state index contributed by atoms with van der Waals surface area (Å²) in [5.41, 5.74) is 1.59. The van der Waals surface area contributed by atoms with Gasteiger partial charge in [0.05, 0.1) is 16.2 Å². The molecule has 1 aromatic carbocycles. The minimum Gasteiger partial charge on any atom is -0.303 e. The van der Waals surface area contributed by atoms with E-state index in [4.69, 9.17) is 23.2 Å². The molecule has 4 nitrogen and oxygen atoms in total. The Morgan fingerprint density at radius 1 is 1.33 bits per heavy atom. The van der Waals surface area contributed by atoms with Gasteiger partial charge in [0, 0.05) is 18.2 Å². The van der Waals surface area contributed by atoms with E-state index in [-0.39, 0.29) is 0 Å². The molecule has 6 heteroatoms. The summed E-state index contributed by atoms with van der Waals surface area (Å²) in [6.45, 7) is 2.07. The number of halogens is 2. The quantitative estimate of drug-likeness (QED) is 0.859. The van der Waals surface area contributed by atoms with Crippen molar-refractivity contribution in [2.24, 2.45) is 0 Å². The molecule has 112 valence electrons. The van der Waals surface area contributed by atoms with Gasteiger partial charge in [0.25, 0.3) is 0 Å². The van der Waals surface area contributed by atoms with Crippen molar-refractivity contribution in [3.05, 3.63) is 34.4 Å². The Morgan fingerprint density at radius 2 is 2.19 bits per heavy atom. The van der Waals surface area contributed by atoms with E-state index in [0.29, 0.717) is 16.1 Å². The van der Waals surface area contributed by atoms with Crippen LogP contribution in [-0.2, 0) is 6.54 Å². The Kier molecular flexibility index (Phi) is 4.48. The van der Waals surface area contributed by atoms with E-state index in [1.165, 1.54) is 19.4 Å². The normalized spacial score (nSPS) is 19.3. The maximum absolute atomic E-state index is 6.22. The van der Waals surface area contributed by atoms with E-state index in [2.05, 4.69) is 22.3 Å². The molecule has 0 aliphatic carbocycles. The molecule has 21 heavy (non-hydrogen) atoms. The maximum atomic E-state index is 6.22. The summed E-state index contributed by atoms with van der Waals surface area (Å²) in [5, 5.41) is 9.47. The first kappa shape index (κ1) is 14.8. The fourth-order valence-corrected chi connectivity index (χ4v) is 3.26. The van der Waals surface area contributed by atoms with Gasteiger partial charge in [-0.3, -0.25) is 4.68 Å². The Labute approximate surface area is 134 Å². The second kappa shape index (κ2) is 6.34. The molecule has 1 aromatic heterocycles. The van der Waals surface area contributed by atoms with E-state index in [9.17, 15) is 0 Å². The van der Waals surface area contributed by atoms with Crippen LogP contribution in [0.5, 0.6) is 0 Å². The van der Waals surface area contributed by atoms with Gasteiger partial charge >= 0.3 is 0 Å². The minimum absolute atomic E-state index is 0.529. The number of nitrogens with zero attached hydrogens (tertiary/aromatic N) is 4. The highest BCUT2D eigenvalue weighted by atomic mass is 35.5. The Morgan fingerprint density at radius 3 is 2.95 bits per heavy atom. The summed E-state index contributed by atoms with van der Waals surface area (Å²) in [6.07, 6.45) is 5.61. The van der Waals surface area contributed by atoms with Gasteiger partial charge in [-0.05, 0) is 38.9 Å². The molecule has 0 amide bonds. The van der Waals surface area contributed by atoms with Crippen molar-refractivity contribution in [2.75, 3.05) is 13.6 Å². The molecule has 1 aliphatic heterocycles. The molecular formula is C15H18Cl2N4. The van der Waals surface area contributed by atoms with Crippen molar-refractivity contribution in [2.45, 2.75) is 31.8 Å². The topological polar surface area (TPSA) is 34.0 Å². The van der Waals surface area contributed by atoms with Crippen LogP contribution in [0.15, 0.2) is 24.4 Å². The highest BCUT2D eigenvalue weighted by Crippen LogP contribution is 2.32. The lowest BCUT2D eigenvalue weighted by Crippen LogP contribution is -2.26. The largest absolute Gasteiger partial charge is 0.303 e. The van der Waals surface area contributed by atoms with Gasteiger partial charge < -0.3 is 4.90 Å². The fraction of sp³-hybridized carbons (Fsp3) is 0.467. The summed E-state index contributed by atoms with van der Waals surface area (Å²) in [4.78, 5) is 2.42. The molecule has 3 rings (SSSR count). The van der Waals surface area contributed by atoms with Crippen LogP contribution in [0.2, 0.25) is 10.0 Å². The third-order valence-electron chi connectivity index (χ3n) is 4.13. The van der Waals surface area contributed by atoms with Gasteiger partial charge in [0.2, 0.25) is 0 Å². The van der Waals surface area contributed by atoms with Crippen LogP contribution < -0.4 is 0 Å². The summed E-state index contributed by atoms with van der Waals surface area (Å²) in [5.74, 6) is 0. The van der Waals surface area contributed by atoms with E-state index in [1.807, 2.05) is 23.0 Å². The zero-order chi connectivity index (χ0) is 14.8. The SMILES string of the molecule is CN1CCC[C@H]1CCn1cc(-c2cccc(Cl)c2Cl)nn1. The van der Waals surface area contributed by atoms with Gasteiger partial charge in [-0.1, -0.05) is 40.5 Å². The maximum Gasteiger partial charge on any atom is 0.114 e. The van der Waals surface area contributed by atoms with Crippen LogP contribution in [0.3, 0.4) is 0 Å². The first-order valence-corrected chi connectivity index (χ1v) is 7.95. The number of aromatic nitrogens is 3. The van der Waals surface area contributed by atoms with Crippen LogP contribution in [-0.4, -0.2) is 39.5 Å². The number of rotatable bonds is 4. The Hall–Kier alpha value is -1.10. The van der Waals surface area contributed by atoms with Crippen LogP contribution in [0.4, 0.5) is 0 Å². The molecule has 1 fully saturated rings. The lowest BCUT2D eigenvalue weighted by Gasteiger charge is -2.18. The van der Waals surface area contributed by atoms with Gasteiger partial charge in [-0.15, -0.1) is 5.10 Å². The molecule has 0 radical (unpaired) electrons. The number of hydrogen-bond acceptors (Lipinski definition) is 3. The zero-order valence-corrected chi connectivity index (χ0v) is 13.5. The molecule has 0 N–H and O–H groups in total. The van der Waals surface area contributed by atoms with E-state index >= 15 is 0 Å². The number of hydrogen-bond donors (Lipinski definition) is 0. The van der Waals surface area contributed by atoms with Crippen LogP contribution in [0.25, 0.3) is 11.3 Å². The zero-order valence-electron chi connectivity index (χ0n) is 12.0. The van der Waals surface area contributed by atoms with Crippen molar-refractivity contribution in [3.8, 4) is 11.3 Å². The molecule has 1 saturated heterocycles. The third kappa shape index (κ3) is 3.23. The number of aryl methyl sites for hydroxylation is 1. The molecule has 2 heterocycles. The minimum atomic E-state index is 0.529. The smallest absolute Gasteiger partial charge is 0.114 e. The molecule has 0 unspecified atom stereocenters. The molecule has 0 saturated carbocycles. The first-order valence-electron chi connectivity index (χ1n) is 7.20. The first-order chi connectivity index (χ1) is 10.1. The predicted molar refractivity (Wildman–Crippen MR) is 85.7 cm³/mol. The average Bonchev–Trinajstić information content (AvgIpc) is 3.09. The van der Waals surface area contributed by atoms with Crippen molar-refractivity contribution in [1.82, 2.24) is 19.9 Å². The molecule has 1 atom stereocenters. The molecular weight excluding hydrogens is 307 g/mol. The second-order valence-electron chi connectivity index (χ2n) is 5.53. The van der Waals surface area contributed by atoms with Crippen LogP contribution in [0, 0.1) is 0 Å². The van der Waals surface area contributed by atoms with Crippen molar-refractivity contribution in [3.63, 3.8) is 0 Å². The van der Waals surface area contributed by atoms with Gasteiger partial charge in [0.15, 0.2) is 0 Å². The third-order valence-corrected chi connectivity index (χ3v) is 4.95. The van der Waals surface area contributed by atoms with E-state index in [1.54, 1.807) is 6.07 Å². The molecule has 1 aliphatic rings. The summed E-state index contributed by atoms with van der Waals surface area (Å²) < 4.78 is 1.89. The monoisotopic (exact) mass is 324 g/mol. The number of benzene rings is 1. The van der Waals surface area contributed by atoms with E-state index < -0.39 is 0 Å². The fourth-order valence-electron chi connectivity index (χ4n) is 2.86. The van der Waals surface area contributed by atoms with Crippen LogP contribution in [0.1, 0.15) is 19.3 Å². The number of likely N-dealkylation sites (tertiary alicyclic amines) is 1. The summed E-state index contributed by atoms with van der Waals surface area (Å²) in [7, 11) is 2.19. The van der Waals surface area contributed by atoms with Crippen molar-refractivity contribution >= 4 is 23.2 Å². The van der Waals surface area contributed by atoms with Gasteiger partial charge in [-0.2, -0.15) is 0 Å². The Balaban J connectivity index is 1.70. The molecule has 2 aromatic rings. The summed E-state index contributed by atoms with van der Waals surface area (Å²) in [6, 6.07) is 6.21. The predicted octanol–water partition coefficient (Wildman–Crippen LogP) is 3.74. The standard InChI is InChI=1S/C15H18Cl2N4/c1-20-8-3-4-11(20)7-9-21-10-14(18-19-21)12-5-2-6-13(16)15(12)17/h2,5-6,10-11H,3-4,7-9H2,1H3/t11-/m0/s1. The molecule has 0 bridgehead atoms. The highest BCUT2D eigenvalue weighted by Gasteiger charge is 2.20. The Bertz CT molecular complexity index is 626. The lowest BCUT2D eigenvalue weighted by molar-refractivity contribution is 0.282. The van der Waals surface area contributed by atoms with Gasteiger partial charge in [0.1, 0.15) is 5.69 Å². The van der Waals surface area contributed by atoms with Crippen molar-refractivity contribution < 1.29 is 0 Å². The van der Waals surface area contributed by atoms with Crippen LogP contribution >= 0.6 is 23.2 Å². The highest BCUT2D eigenvalue weighted by molar-refractivity contribution is 6.43.